The van der Waals surface area contributed by atoms with Gasteiger partial charge in [0, 0.05) is 19.1 Å². The summed E-state index contributed by atoms with van der Waals surface area (Å²) in [6.45, 7) is 9.70. The minimum Gasteiger partial charge on any atom is -0.315 e. The van der Waals surface area contributed by atoms with Crippen molar-refractivity contribution < 1.29 is 0 Å². The van der Waals surface area contributed by atoms with Crippen molar-refractivity contribution in [1.29, 1.82) is 0 Å². The first-order chi connectivity index (χ1) is 6.88. The van der Waals surface area contributed by atoms with Gasteiger partial charge in [0.15, 0.2) is 0 Å². The Balaban J connectivity index is 1.61. The molecule has 2 aliphatic rings. The van der Waals surface area contributed by atoms with E-state index in [-0.39, 0.29) is 0 Å². The lowest BCUT2D eigenvalue weighted by Gasteiger charge is -2.16. The summed E-state index contributed by atoms with van der Waals surface area (Å²) in [5.74, 6) is 0.899. The smallest absolute Gasteiger partial charge is 0.0204 e. The average molecular weight is 197 g/mol. The van der Waals surface area contributed by atoms with Crippen LogP contribution in [0, 0.1) is 5.92 Å². The van der Waals surface area contributed by atoms with Crippen LogP contribution in [-0.2, 0) is 0 Å². The number of nitrogens with one attached hydrogen (secondary N) is 2. The summed E-state index contributed by atoms with van der Waals surface area (Å²) in [5.41, 5.74) is 0. The van der Waals surface area contributed by atoms with Gasteiger partial charge in [0.2, 0.25) is 0 Å². The Morgan fingerprint density at radius 3 is 3.00 bits per heavy atom. The fourth-order valence-electron chi connectivity index (χ4n) is 2.53. The van der Waals surface area contributed by atoms with Crippen molar-refractivity contribution in [1.82, 2.24) is 15.5 Å². The molecule has 3 nitrogen and oxygen atoms in total. The van der Waals surface area contributed by atoms with Crippen LogP contribution in [0.15, 0.2) is 0 Å². The van der Waals surface area contributed by atoms with E-state index in [1.54, 1.807) is 0 Å². The molecular formula is C11H23N3. The summed E-state index contributed by atoms with van der Waals surface area (Å²) >= 11 is 0. The molecule has 0 bridgehead atoms. The van der Waals surface area contributed by atoms with Gasteiger partial charge < -0.3 is 15.5 Å². The van der Waals surface area contributed by atoms with E-state index in [9.17, 15) is 0 Å². The first kappa shape index (κ1) is 10.4. The van der Waals surface area contributed by atoms with Crippen molar-refractivity contribution in [3.63, 3.8) is 0 Å². The molecule has 2 heterocycles. The van der Waals surface area contributed by atoms with Crippen molar-refractivity contribution in [2.45, 2.75) is 25.8 Å². The third-order valence-electron chi connectivity index (χ3n) is 3.57. The minimum absolute atomic E-state index is 0.741. The van der Waals surface area contributed by atoms with E-state index in [0.29, 0.717) is 0 Å². The maximum Gasteiger partial charge on any atom is 0.0204 e. The van der Waals surface area contributed by atoms with Gasteiger partial charge in [-0.2, -0.15) is 0 Å². The summed E-state index contributed by atoms with van der Waals surface area (Å²) in [6.07, 6.45) is 2.70. The Morgan fingerprint density at radius 2 is 2.36 bits per heavy atom. The van der Waals surface area contributed by atoms with Crippen LogP contribution in [0.2, 0.25) is 0 Å². The van der Waals surface area contributed by atoms with Crippen LogP contribution in [-0.4, -0.2) is 50.2 Å². The molecule has 0 amide bonds. The van der Waals surface area contributed by atoms with Gasteiger partial charge in [-0.1, -0.05) is 6.92 Å². The highest BCUT2D eigenvalue weighted by Gasteiger charge is 2.22. The van der Waals surface area contributed by atoms with Crippen LogP contribution >= 0.6 is 0 Å². The van der Waals surface area contributed by atoms with Gasteiger partial charge >= 0.3 is 0 Å². The molecule has 2 N–H and O–H groups in total. The normalized spacial score (nSPS) is 34.1. The molecule has 2 unspecified atom stereocenters. The fourth-order valence-corrected chi connectivity index (χ4v) is 2.53. The van der Waals surface area contributed by atoms with E-state index in [1.165, 1.54) is 52.1 Å². The second-order valence-electron chi connectivity index (χ2n) is 4.65. The standard InChI is InChI=1S/C11H23N3/c1-2-14-6-4-10(9-14)7-13-11-3-5-12-8-11/h10-13H,2-9H2,1H3. The quantitative estimate of drug-likeness (QED) is 0.678. The summed E-state index contributed by atoms with van der Waals surface area (Å²) in [4.78, 5) is 2.55. The average Bonchev–Trinajstić information content (AvgIpc) is 2.86. The van der Waals surface area contributed by atoms with E-state index in [0.717, 1.165) is 12.0 Å². The van der Waals surface area contributed by atoms with Gasteiger partial charge in [-0.05, 0) is 44.9 Å². The van der Waals surface area contributed by atoms with Crippen LogP contribution in [0.1, 0.15) is 19.8 Å². The Hall–Kier alpha value is -0.120. The highest BCUT2D eigenvalue weighted by atomic mass is 15.1. The molecule has 0 saturated carbocycles. The Kier molecular flexibility index (Phi) is 3.79. The molecular weight excluding hydrogens is 174 g/mol. The minimum atomic E-state index is 0.741. The molecule has 0 aromatic heterocycles. The highest BCUT2D eigenvalue weighted by Crippen LogP contribution is 2.15. The molecule has 2 rings (SSSR count). The monoisotopic (exact) mass is 197 g/mol. The maximum atomic E-state index is 3.68. The predicted molar refractivity (Wildman–Crippen MR) is 59.5 cm³/mol. The topological polar surface area (TPSA) is 27.3 Å². The van der Waals surface area contributed by atoms with E-state index < -0.39 is 0 Å². The molecule has 0 radical (unpaired) electrons. The molecule has 2 aliphatic heterocycles. The van der Waals surface area contributed by atoms with Gasteiger partial charge in [-0.3, -0.25) is 0 Å². The third kappa shape index (κ3) is 2.69. The summed E-state index contributed by atoms with van der Waals surface area (Å²) < 4.78 is 0. The van der Waals surface area contributed by atoms with Crippen molar-refractivity contribution in [2.24, 2.45) is 5.92 Å². The fraction of sp³-hybridized carbons (Fsp3) is 1.00. The van der Waals surface area contributed by atoms with Crippen molar-refractivity contribution in [3.05, 3.63) is 0 Å². The molecule has 2 atom stereocenters. The molecule has 2 saturated heterocycles. The number of hydrogen-bond donors (Lipinski definition) is 2. The number of hydrogen-bond acceptors (Lipinski definition) is 3. The van der Waals surface area contributed by atoms with Gasteiger partial charge in [0.05, 0.1) is 0 Å². The van der Waals surface area contributed by atoms with Gasteiger partial charge in [-0.15, -0.1) is 0 Å². The SMILES string of the molecule is CCN1CCC(CNC2CCNC2)C1. The van der Waals surface area contributed by atoms with Crippen molar-refractivity contribution in [3.8, 4) is 0 Å². The van der Waals surface area contributed by atoms with Crippen molar-refractivity contribution >= 4 is 0 Å². The largest absolute Gasteiger partial charge is 0.315 e. The molecule has 0 spiro atoms. The number of nitrogens with zero attached hydrogens (tertiary/aromatic N) is 1. The second kappa shape index (κ2) is 5.10. The number of likely N-dealkylation sites (tertiary alicyclic amines) is 1. The third-order valence-corrected chi connectivity index (χ3v) is 3.57. The van der Waals surface area contributed by atoms with E-state index in [1.807, 2.05) is 0 Å². The number of rotatable bonds is 4. The maximum absolute atomic E-state index is 3.68. The first-order valence-corrected chi connectivity index (χ1v) is 6.05. The van der Waals surface area contributed by atoms with E-state index in [2.05, 4.69) is 22.5 Å². The Morgan fingerprint density at radius 1 is 1.43 bits per heavy atom. The van der Waals surface area contributed by atoms with Gasteiger partial charge in [0.1, 0.15) is 0 Å². The summed E-state index contributed by atoms with van der Waals surface area (Å²) in [7, 11) is 0. The van der Waals surface area contributed by atoms with Crippen molar-refractivity contribution in [2.75, 3.05) is 39.3 Å². The molecule has 2 fully saturated rings. The summed E-state index contributed by atoms with van der Waals surface area (Å²) in [5, 5.41) is 7.07. The van der Waals surface area contributed by atoms with E-state index in [4.69, 9.17) is 0 Å². The van der Waals surface area contributed by atoms with Crippen LogP contribution < -0.4 is 10.6 Å². The van der Waals surface area contributed by atoms with Crippen LogP contribution in [0.25, 0.3) is 0 Å². The molecule has 0 aliphatic carbocycles. The summed E-state index contributed by atoms with van der Waals surface area (Å²) in [6, 6.07) is 0.741. The van der Waals surface area contributed by atoms with Crippen LogP contribution in [0.3, 0.4) is 0 Å². The van der Waals surface area contributed by atoms with Crippen LogP contribution in [0.5, 0.6) is 0 Å². The van der Waals surface area contributed by atoms with Gasteiger partial charge in [0.25, 0.3) is 0 Å². The first-order valence-electron chi connectivity index (χ1n) is 6.05. The molecule has 82 valence electrons. The van der Waals surface area contributed by atoms with E-state index >= 15 is 0 Å². The zero-order valence-corrected chi connectivity index (χ0v) is 9.26. The molecule has 0 aromatic carbocycles. The lowest BCUT2D eigenvalue weighted by atomic mass is 10.1. The molecule has 3 heteroatoms. The molecule has 0 aromatic rings. The highest BCUT2D eigenvalue weighted by molar-refractivity contribution is 4.81. The lowest BCUT2D eigenvalue weighted by molar-refractivity contribution is 0.335. The Labute approximate surface area is 87.2 Å². The zero-order chi connectivity index (χ0) is 9.80. The van der Waals surface area contributed by atoms with Gasteiger partial charge in [-0.25, -0.2) is 0 Å². The van der Waals surface area contributed by atoms with Crippen LogP contribution in [0.4, 0.5) is 0 Å². The zero-order valence-electron chi connectivity index (χ0n) is 9.26. The second-order valence-corrected chi connectivity index (χ2v) is 4.65. The predicted octanol–water partition coefficient (Wildman–Crippen LogP) is 0.280. The Bertz CT molecular complexity index is 166. The molecule has 14 heavy (non-hydrogen) atoms. The lowest BCUT2D eigenvalue weighted by Crippen LogP contribution is -2.35.